The van der Waals surface area contributed by atoms with E-state index in [1.807, 2.05) is 27.7 Å². The zero-order valence-corrected chi connectivity index (χ0v) is 18.7. The Morgan fingerprint density at radius 3 is 2.82 bits per heavy atom. The van der Waals surface area contributed by atoms with Crippen molar-refractivity contribution in [3.05, 3.63) is 23.1 Å². The Morgan fingerprint density at radius 2 is 2.21 bits per heavy atom. The van der Waals surface area contributed by atoms with Crippen molar-refractivity contribution >= 4 is 17.2 Å². The summed E-state index contributed by atoms with van der Waals surface area (Å²) >= 11 is 1.20. The van der Waals surface area contributed by atoms with Crippen LogP contribution in [0.1, 0.15) is 64.6 Å². The van der Waals surface area contributed by atoms with Gasteiger partial charge in [0.05, 0.1) is 12.7 Å². The normalized spacial score (nSPS) is 17.9. The van der Waals surface area contributed by atoms with Crippen LogP contribution in [0, 0.1) is 17.8 Å². The first-order valence-corrected chi connectivity index (χ1v) is 10.4. The zero-order valence-electron chi connectivity index (χ0n) is 17.9. The van der Waals surface area contributed by atoms with Gasteiger partial charge in [-0.2, -0.15) is 0 Å². The van der Waals surface area contributed by atoms with Crippen LogP contribution in [-0.4, -0.2) is 40.1 Å². The summed E-state index contributed by atoms with van der Waals surface area (Å²) in [5.74, 6) is 7.03. The SMILES string of the molecule is CC(C)C#CCCNC(=O)c1cnc(O/C=C2/CN(C(C)(C)C)C(C)(C)O2)s1. The third-order valence-electron chi connectivity index (χ3n) is 4.08. The molecule has 1 aliphatic rings. The van der Waals surface area contributed by atoms with E-state index in [4.69, 9.17) is 9.47 Å². The number of amides is 1. The van der Waals surface area contributed by atoms with Crippen molar-refractivity contribution in [3.8, 4) is 17.0 Å². The third kappa shape index (κ3) is 6.25. The van der Waals surface area contributed by atoms with E-state index in [1.54, 1.807) is 6.26 Å². The number of carbonyl (C=O) groups is 1. The lowest BCUT2D eigenvalue weighted by molar-refractivity contribution is -0.0735. The zero-order chi connectivity index (χ0) is 20.9. The van der Waals surface area contributed by atoms with E-state index in [-0.39, 0.29) is 11.4 Å². The van der Waals surface area contributed by atoms with Crippen LogP contribution in [-0.2, 0) is 4.74 Å². The summed E-state index contributed by atoms with van der Waals surface area (Å²) in [6.07, 6.45) is 3.74. The number of nitrogens with one attached hydrogen (secondary N) is 1. The molecule has 2 rings (SSSR count). The van der Waals surface area contributed by atoms with Gasteiger partial charge in [-0.25, -0.2) is 4.98 Å². The Morgan fingerprint density at radius 1 is 1.50 bits per heavy atom. The Kier molecular flexibility index (Phi) is 7.13. The molecule has 0 spiro atoms. The van der Waals surface area contributed by atoms with E-state index >= 15 is 0 Å². The molecule has 1 aliphatic heterocycles. The molecule has 1 aromatic rings. The number of aromatic nitrogens is 1. The first kappa shape index (κ1) is 22.3. The second-order valence-corrected chi connectivity index (χ2v) is 9.47. The largest absolute Gasteiger partial charge is 0.473 e. The van der Waals surface area contributed by atoms with E-state index < -0.39 is 5.72 Å². The summed E-state index contributed by atoms with van der Waals surface area (Å²) in [6.45, 7) is 15.8. The fourth-order valence-electron chi connectivity index (χ4n) is 3.00. The molecule has 0 aliphatic carbocycles. The second kappa shape index (κ2) is 8.97. The second-order valence-electron chi connectivity index (χ2n) is 8.48. The minimum Gasteiger partial charge on any atom is -0.473 e. The summed E-state index contributed by atoms with van der Waals surface area (Å²) in [6, 6.07) is 0. The molecule has 0 unspecified atom stereocenters. The summed E-state index contributed by atoms with van der Waals surface area (Å²) in [4.78, 5) is 19.1. The molecular formula is C21H31N3O3S. The number of ether oxygens (including phenoxy) is 2. The molecule has 0 radical (unpaired) electrons. The van der Waals surface area contributed by atoms with Crippen LogP contribution in [0.25, 0.3) is 0 Å². The first-order chi connectivity index (χ1) is 13.0. The Labute approximate surface area is 172 Å². The predicted octanol–water partition coefficient (Wildman–Crippen LogP) is 4.01. The molecular weight excluding hydrogens is 374 g/mol. The lowest BCUT2D eigenvalue weighted by Gasteiger charge is -2.39. The maximum absolute atomic E-state index is 12.2. The van der Waals surface area contributed by atoms with Gasteiger partial charge in [0, 0.05) is 24.4 Å². The van der Waals surface area contributed by atoms with E-state index in [0.29, 0.717) is 35.5 Å². The summed E-state index contributed by atoms with van der Waals surface area (Å²) in [7, 11) is 0. The molecule has 0 aromatic carbocycles. The van der Waals surface area contributed by atoms with Gasteiger partial charge in [-0.1, -0.05) is 25.2 Å². The van der Waals surface area contributed by atoms with Crippen LogP contribution >= 0.6 is 11.3 Å². The van der Waals surface area contributed by atoms with E-state index in [0.717, 1.165) is 5.76 Å². The highest BCUT2D eigenvalue weighted by molar-refractivity contribution is 7.15. The topological polar surface area (TPSA) is 63.7 Å². The third-order valence-corrected chi connectivity index (χ3v) is 4.97. The number of carbonyl (C=O) groups excluding carboxylic acids is 1. The van der Waals surface area contributed by atoms with Gasteiger partial charge >= 0.3 is 0 Å². The molecule has 1 aromatic heterocycles. The molecule has 154 valence electrons. The molecule has 1 saturated heterocycles. The van der Waals surface area contributed by atoms with Gasteiger partial charge in [0.15, 0.2) is 5.72 Å². The van der Waals surface area contributed by atoms with E-state index in [2.05, 4.69) is 47.8 Å². The minimum atomic E-state index is -0.403. The lowest BCUT2D eigenvalue weighted by Crippen LogP contribution is -2.50. The molecule has 0 atom stereocenters. The number of thiazole rings is 1. The number of hydrogen-bond donors (Lipinski definition) is 1. The van der Waals surface area contributed by atoms with E-state index in [9.17, 15) is 4.79 Å². The standard InChI is InChI=1S/C21H31N3O3S/c1-15(2)10-8-9-11-22-18(25)17-12-23-19(28-17)26-14-16-13-24(20(3,4)5)21(6,7)27-16/h12,14-15H,9,11,13H2,1-7H3,(H,22,25)/b16-14-. The summed E-state index contributed by atoms with van der Waals surface area (Å²) < 4.78 is 11.6. The maximum atomic E-state index is 12.2. The van der Waals surface area contributed by atoms with Crippen molar-refractivity contribution in [3.63, 3.8) is 0 Å². The average molecular weight is 406 g/mol. The van der Waals surface area contributed by atoms with Gasteiger partial charge in [0.1, 0.15) is 16.9 Å². The van der Waals surface area contributed by atoms with Crippen molar-refractivity contribution in [1.82, 2.24) is 15.2 Å². The molecule has 2 heterocycles. The average Bonchev–Trinajstić information content (AvgIpc) is 3.15. The molecule has 1 N–H and O–H groups in total. The highest BCUT2D eigenvalue weighted by Gasteiger charge is 2.43. The van der Waals surface area contributed by atoms with Gasteiger partial charge in [-0.3, -0.25) is 9.69 Å². The molecule has 6 nitrogen and oxygen atoms in total. The van der Waals surface area contributed by atoms with Crippen LogP contribution in [0.2, 0.25) is 0 Å². The van der Waals surface area contributed by atoms with Gasteiger partial charge in [-0.15, -0.1) is 11.8 Å². The van der Waals surface area contributed by atoms with Crippen LogP contribution in [0.5, 0.6) is 5.19 Å². The molecule has 0 bridgehead atoms. The number of nitrogens with zero attached hydrogens (tertiary/aromatic N) is 2. The lowest BCUT2D eigenvalue weighted by atomic mass is 10.0. The summed E-state index contributed by atoms with van der Waals surface area (Å²) in [5.41, 5.74) is -0.426. The predicted molar refractivity (Wildman–Crippen MR) is 112 cm³/mol. The Bertz CT molecular complexity index is 779. The Hall–Kier alpha value is -2.04. The van der Waals surface area contributed by atoms with E-state index in [1.165, 1.54) is 17.5 Å². The fourth-order valence-corrected chi connectivity index (χ4v) is 3.66. The molecule has 0 saturated carbocycles. The maximum Gasteiger partial charge on any atom is 0.278 e. The monoisotopic (exact) mass is 405 g/mol. The Balaban J connectivity index is 1.89. The molecule has 1 fully saturated rings. The molecule has 1 amide bonds. The van der Waals surface area contributed by atoms with Gasteiger partial charge in [0.25, 0.3) is 11.1 Å². The fraction of sp³-hybridized carbons (Fsp3) is 0.619. The van der Waals surface area contributed by atoms with Gasteiger partial charge in [-0.05, 0) is 34.6 Å². The van der Waals surface area contributed by atoms with Gasteiger partial charge < -0.3 is 14.8 Å². The van der Waals surface area contributed by atoms with Crippen molar-refractivity contribution in [1.29, 1.82) is 0 Å². The smallest absolute Gasteiger partial charge is 0.278 e. The number of rotatable bonds is 5. The quantitative estimate of drug-likeness (QED) is 0.456. The minimum absolute atomic E-state index is 0.0227. The molecule has 28 heavy (non-hydrogen) atoms. The van der Waals surface area contributed by atoms with Crippen molar-refractivity contribution < 1.29 is 14.3 Å². The first-order valence-electron chi connectivity index (χ1n) is 9.54. The molecule has 7 heteroatoms. The van der Waals surface area contributed by atoms with Crippen molar-refractivity contribution in [2.45, 2.75) is 66.2 Å². The van der Waals surface area contributed by atoms with Crippen LogP contribution < -0.4 is 10.1 Å². The van der Waals surface area contributed by atoms with Crippen LogP contribution in [0.3, 0.4) is 0 Å². The highest BCUT2D eigenvalue weighted by atomic mass is 32.1. The summed E-state index contributed by atoms with van der Waals surface area (Å²) in [5, 5.41) is 3.25. The number of hydrogen-bond acceptors (Lipinski definition) is 6. The highest BCUT2D eigenvalue weighted by Crippen LogP contribution is 2.35. The van der Waals surface area contributed by atoms with Crippen LogP contribution in [0.4, 0.5) is 0 Å². The van der Waals surface area contributed by atoms with Crippen molar-refractivity contribution in [2.75, 3.05) is 13.1 Å². The van der Waals surface area contributed by atoms with Crippen LogP contribution in [0.15, 0.2) is 18.2 Å². The van der Waals surface area contributed by atoms with Crippen molar-refractivity contribution in [2.24, 2.45) is 5.92 Å². The van der Waals surface area contributed by atoms with Gasteiger partial charge in [0.2, 0.25) is 0 Å².